The minimum Gasteiger partial charge on any atom is -0.495 e. The number of aliphatic hydroxyl groups is 1. The first kappa shape index (κ1) is 21.8. The van der Waals surface area contributed by atoms with Crippen molar-refractivity contribution in [3.63, 3.8) is 0 Å². The van der Waals surface area contributed by atoms with Crippen molar-refractivity contribution in [1.29, 1.82) is 0 Å². The molecule has 2 N–H and O–H groups in total. The molecule has 9 heteroatoms. The molecule has 0 bridgehead atoms. The smallest absolute Gasteiger partial charge is 0.252 e. The normalized spacial score (nSPS) is 13.3. The Hall–Kier alpha value is -2.91. The molecule has 0 radical (unpaired) electrons. The van der Waals surface area contributed by atoms with E-state index in [0.717, 1.165) is 5.56 Å². The largest absolute Gasteiger partial charge is 0.495 e. The van der Waals surface area contributed by atoms with Crippen LogP contribution in [0.1, 0.15) is 27.7 Å². The van der Waals surface area contributed by atoms with Gasteiger partial charge in [-0.25, -0.2) is 13.4 Å². The van der Waals surface area contributed by atoms with E-state index in [1.165, 1.54) is 20.2 Å². The van der Waals surface area contributed by atoms with Crippen LogP contribution >= 0.6 is 0 Å². The van der Waals surface area contributed by atoms with Crippen LogP contribution in [-0.4, -0.2) is 46.8 Å². The van der Waals surface area contributed by atoms with Crippen molar-refractivity contribution in [1.82, 2.24) is 9.38 Å². The Kier molecular flexibility index (Phi) is 5.62. The zero-order valence-electron chi connectivity index (χ0n) is 17.5. The number of pyridine rings is 1. The van der Waals surface area contributed by atoms with Gasteiger partial charge in [-0.3, -0.25) is 9.20 Å². The van der Waals surface area contributed by atoms with Crippen molar-refractivity contribution in [2.75, 3.05) is 12.4 Å². The Bertz CT molecular complexity index is 1210. The fraction of sp³-hybridized carbons (Fsp3) is 0.333. The predicted octanol–water partition coefficient (Wildman–Crippen LogP) is 2.90. The van der Waals surface area contributed by atoms with E-state index in [9.17, 15) is 18.3 Å². The summed E-state index contributed by atoms with van der Waals surface area (Å²) in [4.78, 5) is 16.2. The molecule has 2 heterocycles. The molecule has 30 heavy (non-hydrogen) atoms. The number of nitrogens with zero attached hydrogens (tertiary/aromatic N) is 2. The number of benzene rings is 1. The van der Waals surface area contributed by atoms with Gasteiger partial charge in [0.05, 0.1) is 23.7 Å². The topological polar surface area (TPSA) is 110 Å². The summed E-state index contributed by atoms with van der Waals surface area (Å²) in [6.07, 6.45) is 2.00. The third kappa shape index (κ3) is 3.90. The summed E-state index contributed by atoms with van der Waals surface area (Å²) in [5.74, 6) is -0.291. The van der Waals surface area contributed by atoms with Gasteiger partial charge in [-0.2, -0.15) is 0 Å². The molecule has 0 fully saturated rings. The number of carbonyl (C=O) groups excluding carboxylic acids is 1. The molecular weight excluding hydrogens is 406 g/mol. The molecule has 0 spiro atoms. The molecule has 1 atom stereocenters. The lowest BCUT2D eigenvalue weighted by atomic mass is 10.1. The average molecular weight is 432 g/mol. The van der Waals surface area contributed by atoms with Crippen LogP contribution in [0.15, 0.2) is 47.6 Å². The van der Waals surface area contributed by atoms with Gasteiger partial charge in [0.2, 0.25) is 0 Å². The van der Waals surface area contributed by atoms with Crippen molar-refractivity contribution < 1.29 is 23.1 Å². The van der Waals surface area contributed by atoms with E-state index in [1.807, 2.05) is 6.07 Å². The second-order valence-corrected chi connectivity index (χ2v) is 10.6. The molecular formula is C21H25N3O5S. The third-order valence-corrected chi connectivity index (χ3v) is 7.19. The first-order valence-corrected chi connectivity index (χ1v) is 10.8. The fourth-order valence-corrected chi connectivity index (χ4v) is 4.21. The molecule has 2 aromatic heterocycles. The minimum atomic E-state index is -3.68. The monoisotopic (exact) mass is 431 g/mol. The van der Waals surface area contributed by atoms with E-state index in [1.54, 1.807) is 55.6 Å². The van der Waals surface area contributed by atoms with Crippen LogP contribution in [0, 0.1) is 0 Å². The molecule has 0 saturated carbocycles. The summed E-state index contributed by atoms with van der Waals surface area (Å²) in [6.45, 7) is 6.29. The standard InChI is InChI=1S/C21H25N3O5S/c1-13(25)20(26)23-15-8-6-7-14(9-15)16-11-22-19-10-17(29-5)18(12-24(16)19)30(27,28)21(2,3)4/h6-13,25H,1-5H3,(H,23,26)/t13-/m1/s1. The SMILES string of the molecule is COc1cc2ncc(-c3cccc(NC(=O)[C@@H](C)O)c3)n2cc1S(=O)(=O)C(C)(C)C. The maximum atomic E-state index is 13.1. The first-order chi connectivity index (χ1) is 14.0. The number of rotatable bonds is 5. The zero-order chi connectivity index (χ0) is 22.3. The van der Waals surface area contributed by atoms with Crippen molar-refractivity contribution in [3.05, 3.63) is 42.7 Å². The number of methoxy groups -OCH3 is 1. The van der Waals surface area contributed by atoms with E-state index < -0.39 is 26.6 Å². The van der Waals surface area contributed by atoms with Crippen LogP contribution in [0.25, 0.3) is 16.9 Å². The van der Waals surface area contributed by atoms with Crippen LogP contribution < -0.4 is 10.1 Å². The quantitative estimate of drug-likeness (QED) is 0.643. The number of carbonyl (C=O) groups is 1. The maximum absolute atomic E-state index is 13.1. The molecule has 3 rings (SSSR count). The van der Waals surface area contributed by atoms with Crippen LogP contribution in [0.4, 0.5) is 5.69 Å². The molecule has 0 unspecified atom stereocenters. The Balaban J connectivity index is 2.16. The second kappa shape index (κ2) is 7.73. The van der Waals surface area contributed by atoms with Gasteiger partial charge in [-0.15, -0.1) is 0 Å². The fourth-order valence-electron chi connectivity index (χ4n) is 2.89. The summed E-state index contributed by atoms with van der Waals surface area (Å²) < 4.78 is 32.2. The summed E-state index contributed by atoms with van der Waals surface area (Å²) in [5.41, 5.74) is 2.39. The number of sulfone groups is 1. The number of fused-ring (bicyclic) bond motifs is 1. The Labute approximate surface area is 175 Å². The maximum Gasteiger partial charge on any atom is 0.252 e. The highest BCUT2D eigenvalue weighted by atomic mass is 32.2. The van der Waals surface area contributed by atoms with Gasteiger partial charge in [-0.1, -0.05) is 12.1 Å². The molecule has 8 nitrogen and oxygen atoms in total. The minimum absolute atomic E-state index is 0.0720. The van der Waals surface area contributed by atoms with Gasteiger partial charge in [-0.05, 0) is 39.8 Å². The first-order valence-electron chi connectivity index (χ1n) is 9.35. The number of anilines is 1. The number of ether oxygens (including phenoxy) is 1. The molecule has 0 aliphatic heterocycles. The molecule has 0 saturated heterocycles. The van der Waals surface area contributed by atoms with Crippen molar-refractivity contribution in [2.45, 2.75) is 43.4 Å². The van der Waals surface area contributed by atoms with Gasteiger partial charge < -0.3 is 15.2 Å². The van der Waals surface area contributed by atoms with E-state index in [2.05, 4.69) is 10.3 Å². The highest BCUT2D eigenvalue weighted by Gasteiger charge is 2.34. The Morgan fingerprint density at radius 2 is 1.97 bits per heavy atom. The number of aliphatic hydroxyl groups excluding tert-OH is 1. The number of hydrogen-bond acceptors (Lipinski definition) is 6. The number of hydrogen-bond donors (Lipinski definition) is 2. The second-order valence-electron chi connectivity index (χ2n) is 7.94. The molecule has 1 aromatic carbocycles. The number of nitrogens with one attached hydrogen (secondary N) is 1. The van der Waals surface area contributed by atoms with E-state index in [0.29, 0.717) is 17.0 Å². The van der Waals surface area contributed by atoms with Crippen molar-refractivity contribution in [3.8, 4) is 17.0 Å². The van der Waals surface area contributed by atoms with Crippen LogP contribution in [0.5, 0.6) is 5.75 Å². The van der Waals surface area contributed by atoms with Crippen LogP contribution in [0.2, 0.25) is 0 Å². The molecule has 0 aliphatic rings. The Morgan fingerprint density at radius 1 is 1.27 bits per heavy atom. The van der Waals surface area contributed by atoms with Crippen molar-refractivity contribution in [2.24, 2.45) is 0 Å². The number of amides is 1. The van der Waals surface area contributed by atoms with Crippen LogP contribution in [-0.2, 0) is 14.6 Å². The third-order valence-electron chi connectivity index (χ3n) is 4.70. The molecule has 160 valence electrons. The summed E-state index contributed by atoms with van der Waals surface area (Å²) in [7, 11) is -2.26. The molecule has 3 aromatic rings. The predicted molar refractivity (Wildman–Crippen MR) is 114 cm³/mol. The Morgan fingerprint density at radius 3 is 2.57 bits per heavy atom. The molecule has 1 amide bonds. The van der Waals surface area contributed by atoms with Crippen LogP contribution in [0.3, 0.4) is 0 Å². The van der Waals surface area contributed by atoms with Gasteiger partial charge in [0.15, 0.2) is 9.84 Å². The summed E-state index contributed by atoms with van der Waals surface area (Å²) in [5, 5.41) is 12.0. The van der Waals surface area contributed by atoms with Gasteiger partial charge >= 0.3 is 0 Å². The lowest BCUT2D eigenvalue weighted by molar-refractivity contribution is -0.123. The van der Waals surface area contributed by atoms with Gasteiger partial charge in [0.1, 0.15) is 22.4 Å². The highest BCUT2D eigenvalue weighted by Crippen LogP contribution is 2.34. The van der Waals surface area contributed by atoms with E-state index in [4.69, 9.17) is 4.74 Å². The lowest BCUT2D eigenvalue weighted by Gasteiger charge is -2.21. The molecule has 0 aliphatic carbocycles. The van der Waals surface area contributed by atoms with E-state index in [-0.39, 0.29) is 10.6 Å². The summed E-state index contributed by atoms with van der Waals surface area (Å²) in [6, 6.07) is 8.59. The van der Waals surface area contributed by atoms with Crippen molar-refractivity contribution >= 4 is 27.1 Å². The van der Waals surface area contributed by atoms with Gasteiger partial charge in [0.25, 0.3) is 5.91 Å². The highest BCUT2D eigenvalue weighted by molar-refractivity contribution is 7.92. The average Bonchev–Trinajstić information content (AvgIpc) is 3.09. The van der Waals surface area contributed by atoms with E-state index >= 15 is 0 Å². The zero-order valence-corrected chi connectivity index (χ0v) is 18.3. The van der Waals surface area contributed by atoms with Gasteiger partial charge in [0, 0.05) is 23.5 Å². The number of aromatic nitrogens is 2. The number of imidazole rings is 1. The summed E-state index contributed by atoms with van der Waals surface area (Å²) >= 11 is 0. The lowest BCUT2D eigenvalue weighted by Crippen LogP contribution is -2.28.